The second-order valence-electron chi connectivity index (χ2n) is 7.22. The number of halogens is 1. The number of hydrogen-bond acceptors (Lipinski definition) is 6. The molecule has 1 aromatic heterocycles. The van der Waals surface area contributed by atoms with Crippen molar-refractivity contribution < 1.29 is 22.3 Å². The molecular weight excluding hydrogens is 423 g/mol. The van der Waals surface area contributed by atoms with E-state index in [1.165, 1.54) is 49.6 Å². The van der Waals surface area contributed by atoms with E-state index in [0.29, 0.717) is 12.4 Å². The summed E-state index contributed by atoms with van der Waals surface area (Å²) in [5.41, 5.74) is 0.450. The normalized spacial score (nSPS) is 13.9. The zero-order valence-electron chi connectivity index (χ0n) is 16.8. The first-order valence-corrected chi connectivity index (χ1v) is 11.3. The molecule has 162 valence electrons. The van der Waals surface area contributed by atoms with E-state index in [4.69, 9.17) is 0 Å². The lowest BCUT2D eigenvalue weighted by Gasteiger charge is -2.12. The van der Waals surface area contributed by atoms with Gasteiger partial charge in [-0.05, 0) is 49.2 Å². The minimum atomic E-state index is -4.02. The third-order valence-electron chi connectivity index (χ3n) is 5.13. The van der Waals surface area contributed by atoms with Gasteiger partial charge in [0.15, 0.2) is 5.82 Å². The molecule has 0 aliphatic carbocycles. The van der Waals surface area contributed by atoms with E-state index in [0.717, 1.165) is 31.5 Å². The second-order valence-corrected chi connectivity index (χ2v) is 8.90. The predicted molar refractivity (Wildman–Crippen MR) is 112 cm³/mol. The van der Waals surface area contributed by atoms with Crippen LogP contribution in [0.5, 0.6) is 0 Å². The molecule has 0 saturated heterocycles. The van der Waals surface area contributed by atoms with Crippen molar-refractivity contribution in [2.75, 3.05) is 11.8 Å². The Labute approximate surface area is 179 Å². The molecule has 0 fully saturated rings. The lowest BCUT2D eigenvalue weighted by atomic mass is 10.1. The van der Waals surface area contributed by atoms with Gasteiger partial charge >= 0.3 is 5.97 Å². The molecule has 0 atom stereocenters. The fourth-order valence-corrected chi connectivity index (χ4v) is 4.66. The molecule has 1 aliphatic rings. The third kappa shape index (κ3) is 4.29. The Morgan fingerprint density at radius 2 is 1.97 bits per heavy atom. The van der Waals surface area contributed by atoms with Crippen LogP contribution in [0.2, 0.25) is 0 Å². The fraction of sp³-hybridized carbons (Fsp3) is 0.286. The van der Waals surface area contributed by atoms with Crippen LogP contribution in [0, 0.1) is 5.82 Å². The number of methoxy groups -OCH3 is 1. The molecule has 1 N–H and O–H groups in total. The van der Waals surface area contributed by atoms with Crippen LogP contribution in [0.15, 0.2) is 47.4 Å². The molecule has 0 bridgehead atoms. The molecule has 8 nitrogen and oxygen atoms in total. The molecule has 31 heavy (non-hydrogen) atoms. The van der Waals surface area contributed by atoms with E-state index in [1.807, 2.05) is 4.57 Å². The van der Waals surface area contributed by atoms with Crippen LogP contribution in [0.4, 0.5) is 10.1 Å². The lowest BCUT2D eigenvalue weighted by Crippen LogP contribution is -2.14. The number of nitrogens with one attached hydrogen (secondary N) is 1. The Morgan fingerprint density at radius 3 is 2.77 bits per heavy atom. The number of sulfonamides is 1. The summed E-state index contributed by atoms with van der Waals surface area (Å²) in [7, 11) is -2.81. The smallest absolute Gasteiger partial charge is 0.337 e. The number of nitrogens with zero attached hydrogens (tertiary/aromatic N) is 3. The van der Waals surface area contributed by atoms with Gasteiger partial charge in [-0.1, -0.05) is 12.5 Å². The molecule has 10 heteroatoms. The highest BCUT2D eigenvalue weighted by Gasteiger charge is 2.21. The van der Waals surface area contributed by atoms with Crippen molar-refractivity contribution in [1.82, 2.24) is 14.8 Å². The quantitative estimate of drug-likeness (QED) is 0.605. The number of hydrogen-bond donors (Lipinski definition) is 1. The second kappa shape index (κ2) is 8.46. The van der Waals surface area contributed by atoms with Crippen molar-refractivity contribution in [1.29, 1.82) is 0 Å². The highest BCUT2D eigenvalue weighted by atomic mass is 32.2. The van der Waals surface area contributed by atoms with Crippen molar-refractivity contribution in [3.8, 4) is 11.4 Å². The fourth-order valence-electron chi connectivity index (χ4n) is 3.57. The summed E-state index contributed by atoms with van der Waals surface area (Å²) in [6.07, 6.45) is 3.79. The number of esters is 1. The molecule has 0 radical (unpaired) electrons. The number of aryl methyl sites for hydroxylation is 1. The van der Waals surface area contributed by atoms with E-state index >= 15 is 0 Å². The number of fused-ring (bicyclic) bond motifs is 1. The highest BCUT2D eigenvalue weighted by Crippen LogP contribution is 2.28. The van der Waals surface area contributed by atoms with Crippen molar-refractivity contribution in [3.63, 3.8) is 0 Å². The van der Waals surface area contributed by atoms with Gasteiger partial charge in [0, 0.05) is 18.7 Å². The minimum absolute atomic E-state index is 0.108. The van der Waals surface area contributed by atoms with Crippen LogP contribution in [0.1, 0.15) is 35.4 Å². The summed E-state index contributed by atoms with van der Waals surface area (Å²) in [5.74, 6) is 0.0179. The zero-order chi connectivity index (χ0) is 22.0. The number of aromatic nitrogens is 3. The van der Waals surface area contributed by atoms with Crippen LogP contribution in [0.3, 0.4) is 0 Å². The Balaban J connectivity index is 1.67. The first-order valence-electron chi connectivity index (χ1n) is 9.82. The Morgan fingerprint density at radius 1 is 1.13 bits per heavy atom. The van der Waals surface area contributed by atoms with E-state index in [9.17, 15) is 17.6 Å². The number of rotatable bonds is 5. The Kier molecular flexibility index (Phi) is 5.73. The Bertz CT molecular complexity index is 1240. The van der Waals surface area contributed by atoms with Gasteiger partial charge < -0.3 is 9.30 Å². The zero-order valence-corrected chi connectivity index (χ0v) is 17.7. The minimum Gasteiger partial charge on any atom is -0.465 e. The number of ether oxygens (including phenoxy) is 1. The van der Waals surface area contributed by atoms with Crippen LogP contribution in [0.25, 0.3) is 11.4 Å². The van der Waals surface area contributed by atoms with Crippen LogP contribution >= 0.6 is 0 Å². The maximum atomic E-state index is 14.6. The van der Waals surface area contributed by atoms with Gasteiger partial charge in [-0.3, -0.25) is 4.72 Å². The molecule has 1 aliphatic heterocycles. The van der Waals surface area contributed by atoms with E-state index in [1.54, 1.807) is 0 Å². The monoisotopic (exact) mass is 444 g/mol. The largest absolute Gasteiger partial charge is 0.465 e. The summed E-state index contributed by atoms with van der Waals surface area (Å²) < 4.78 is 49.3. The maximum Gasteiger partial charge on any atom is 0.337 e. The van der Waals surface area contributed by atoms with Gasteiger partial charge in [0.1, 0.15) is 11.6 Å². The summed E-state index contributed by atoms with van der Waals surface area (Å²) in [4.78, 5) is 11.6. The average Bonchev–Trinajstić information content (AvgIpc) is 3.02. The average molecular weight is 444 g/mol. The SMILES string of the molecule is COC(=O)c1cccc(S(=O)(=O)Nc2ccc(F)c(-c3nnc4n3CCCCC4)c2)c1. The van der Waals surface area contributed by atoms with Gasteiger partial charge in [-0.25, -0.2) is 17.6 Å². The molecule has 0 unspecified atom stereocenters. The number of anilines is 1. The molecular formula is C21H21FN4O4S. The number of benzene rings is 2. The maximum absolute atomic E-state index is 14.6. The summed E-state index contributed by atoms with van der Waals surface area (Å²) in [5, 5.41) is 8.34. The van der Waals surface area contributed by atoms with Gasteiger partial charge in [0.05, 0.1) is 23.1 Å². The van der Waals surface area contributed by atoms with E-state index in [-0.39, 0.29) is 21.7 Å². The van der Waals surface area contributed by atoms with Gasteiger partial charge in [0.2, 0.25) is 0 Å². The molecule has 4 rings (SSSR count). The summed E-state index contributed by atoms with van der Waals surface area (Å²) in [6, 6.07) is 9.41. The first-order chi connectivity index (χ1) is 14.9. The molecule has 0 amide bonds. The lowest BCUT2D eigenvalue weighted by molar-refractivity contribution is 0.0600. The standard InChI is InChI=1S/C21H21FN4O4S/c1-30-21(27)14-6-5-7-16(12-14)31(28,29)25-15-9-10-18(22)17(13-15)20-24-23-19-8-3-2-4-11-26(19)20/h5-7,9-10,12-13,25H,2-4,8,11H2,1H3. The first kappa shape index (κ1) is 21.0. The number of carbonyl (C=O) groups excluding carboxylic acids is 1. The highest BCUT2D eigenvalue weighted by molar-refractivity contribution is 7.92. The molecule has 0 saturated carbocycles. The molecule has 2 aromatic carbocycles. The predicted octanol–water partition coefficient (Wildman–Crippen LogP) is 3.40. The summed E-state index contributed by atoms with van der Waals surface area (Å²) in [6.45, 7) is 0.688. The van der Waals surface area contributed by atoms with Gasteiger partial charge in [-0.2, -0.15) is 0 Å². The van der Waals surface area contributed by atoms with Crippen molar-refractivity contribution in [3.05, 3.63) is 59.7 Å². The van der Waals surface area contributed by atoms with Gasteiger partial charge in [0.25, 0.3) is 10.0 Å². The van der Waals surface area contributed by atoms with E-state index < -0.39 is 21.8 Å². The van der Waals surface area contributed by atoms with Crippen LogP contribution < -0.4 is 4.72 Å². The molecule has 0 spiro atoms. The third-order valence-corrected chi connectivity index (χ3v) is 6.51. The molecule has 3 aromatic rings. The number of carbonyl (C=O) groups is 1. The Hall–Kier alpha value is -3.27. The van der Waals surface area contributed by atoms with E-state index in [2.05, 4.69) is 19.7 Å². The summed E-state index contributed by atoms with van der Waals surface area (Å²) >= 11 is 0. The van der Waals surface area contributed by atoms with Crippen molar-refractivity contribution >= 4 is 21.7 Å². The molecule has 2 heterocycles. The van der Waals surface area contributed by atoms with Crippen LogP contribution in [-0.2, 0) is 27.7 Å². The van der Waals surface area contributed by atoms with Crippen LogP contribution in [-0.4, -0.2) is 36.3 Å². The van der Waals surface area contributed by atoms with Crippen molar-refractivity contribution in [2.45, 2.75) is 37.1 Å². The van der Waals surface area contributed by atoms with Gasteiger partial charge in [-0.15, -0.1) is 10.2 Å². The topological polar surface area (TPSA) is 103 Å². The van der Waals surface area contributed by atoms with Crippen molar-refractivity contribution in [2.24, 2.45) is 0 Å².